The largest absolute Gasteiger partial charge is 0.370 e. The van der Waals surface area contributed by atoms with Crippen LogP contribution < -0.4 is 5.32 Å². The predicted octanol–water partition coefficient (Wildman–Crippen LogP) is 3.77. The Morgan fingerprint density at radius 2 is 1.95 bits per heavy atom. The minimum absolute atomic E-state index is 0.0799. The van der Waals surface area contributed by atoms with Gasteiger partial charge in [0.1, 0.15) is 0 Å². The standard InChI is InChI=1S/C19H27NO2/c1-3-14-8-10-15(11-9-14)19-12-17(20-13(2)21)16-6-4-5-7-18(16)22-19/h8-11,16-19H,3-7,12H2,1-2H3,(H,20,21)/t16-,17+,18+,19+/m0/s1. The highest BCUT2D eigenvalue weighted by molar-refractivity contribution is 5.73. The molecule has 1 amide bonds. The van der Waals surface area contributed by atoms with Crippen LogP contribution in [0.1, 0.15) is 63.2 Å². The number of carbonyl (C=O) groups excluding carboxylic acids is 1. The number of rotatable bonds is 3. The number of carbonyl (C=O) groups is 1. The molecule has 1 heterocycles. The van der Waals surface area contributed by atoms with Crippen molar-refractivity contribution in [1.29, 1.82) is 0 Å². The molecular weight excluding hydrogens is 274 g/mol. The Balaban J connectivity index is 1.78. The van der Waals surface area contributed by atoms with Crippen molar-refractivity contribution in [2.75, 3.05) is 0 Å². The molecule has 0 aromatic heterocycles. The Morgan fingerprint density at radius 3 is 2.64 bits per heavy atom. The van der Waals surface area contributed by atoms with Gasteiger partial charge in [-0.05, 0) is 36.8 Å². The maximum Gasteiger partial charge on any atom is 0.217 e. The highest BCUT2D eigenvalue weighted by Crippen LogP contribution is 2.41. The van der Waals surface area contributed by atoms with Gasteiger partial charge in [0.05, 0.1) is 12.2 Å². The Labute approximate surface area is 133 Å². The van der Waals surface area contributed by atoms with Crippen LogP contribution in [0.25, 0.3) is 0 Å². The van der Waals surface area contributed by atoms with Crippen LogP contribution in [0.15, 0.2) is 24.3 Å². The molecule has 1 saturated heterocycles. The third-order valence-electron chi connectivity index (χ3n) is 5.23. The summed E-state index contributed by atoms with van der Waals surface area (Å²) in [6.07, 6.45) is 7.18. The number of aryl methyl sites for hydroxylation is 1. The second-order valence-electron chi connectivity index (χ2n) is 6.75. The minimum Gasteiger partial charge on any atom is -0.370 e. The smallest absolute Gasteiger partial charge is 0.217 e. The zero-order valence-electron chi connectivity index (χ0n) is 13.7. The van der Waals surface area contributed by atoms with Gasteiger partial charge in [-0.3, -0.25) is 4.79 Å². The lowest BCUT2D eigenvalue weighted by molar-refractivity contribution is -0.131. The van der Waals surface area contributed by atoms with Crippen molar-refractivity contribution in [2.24, 2.45) is 5.92 Å². The molecule has 0 bridgehead atoms. The van der Waals surface area contributed by atoms with Gasteiger partial charge < -0.3 is 10.1 Å². The number of amides is 1. The molecule has 2 fully saturated rings. The Kier molecular flexibility index (Phi) is 4.82. The zero-order chi connectivity index (χ0) is 15.5. The molecule has 1 aliphatic carbocycles. The van der Waals surface area contributed by atoms with E-state index >= 15 is 0 Å². The first-order valence-corrected chi connectivity index (χ1v) is 8.68. The lowest BCUT2D eigenvalue weighted by Gasteiger charge is -2.45. The van der Waals surface area contributed by atoms with E-state index in [0.717, 1.165) is 19.3 Å². The van der Waals surface area contributed by atoms with Gasteiger partial charge in [-0.25, -0.2) is 0 Å². The quantitative estimate of drug-likeness (QED) is 0.923. The fourth-order valence-corrected chi connectivity index (χ4v) is 4.04. The maximum absolute atomic E-state index is 11.6. The lowest BCUT2D eigenvalue weighted by atomic mass is 9.76. The zero-order valence-corrected chi connectivity index (χ0v) is 13.7. The first-order valence-electron chi connectivity index (χ1n) is 8.68. The summed E-state index contributed by atoms with van der Waals surface area (Å²) < 4.78 is 6.41. The highest BCUT2D eigenvalue weighted by atomic mass is 16.5. The van der Waals surface area contributed by atoms with Crippen molar-refractivity contribution in [2.45, 2.75) is 70.6 Å². The van der Waals surface area contributed by atoms with E-state index in [1.807, 2.05) is 0 Å². The van der Waals surface area contributed by atoms with Crippen LogP contribution in [0.5, 0.6) is 0 Å². The third kappa shape index (κ3) is 3.35. The van der Waals surface area contributed by atoms with Crippen LogP contribution in [-0.4, -0.2) is 18.1 Å². The van der Waals surface area contributed by atoms with E-state index in [-0.39, 0.29) is 18.1 Å². The van der Waals surface area contributed by atoms with Crippen LogP contribution in [0, 0.1) is 5.92 Å². The Hall–Kier alpha value is -1.35. The first-order chi connectivity index (χ1) is 10.7. The summed E-state index contributed by atoms with van der Waals surface area (Å²) in [5.41, 5.74) is 2.60. The molecule has 0 unspecified atom stereocenters. The Bertz CT molecular complexity index is 511. The maximum atomic E-state index is 11.6. The van der Waals surface area contributed by atoms with Gasteiger partial charge in [-0.2, -0.15) is 0 Å². The van der Waals surface area contributed by atoms with Gasteiger partial charge in [-0.1, -0.05) is 44.0 Å². The van der Waals surface area contributed by atoms with Gasteiger partial charge >= 0.3 is 0 Å². The van der Waals surface area contributed by atoms with Crippen molar-refractivity contribution in [3.8, 4) is 0 Å². The summed E-state index contributed by atoms with van der Waals surface area (Å²) in [5.74, 6) is 0.570. The molecule has 1 aliphatic heterocycles. The highest BCUT2D eigenvalue weighted by Gasteiger charge is 2.40. The van der Waals surface area contributed by atoms with Crippen LogP contribution in [-0.2, 0) is 16.0 Å². The van der Waals surface area contributed by atoms with Crippen LogP contribution in [0.4, 0.5) is 0 Å². The number of benzene rings is 1. The van der Waals surface area contributed by atoms with Gasteiger partial charge in [0.25, 0.3) is 0 Å². The number of fused-ring (bicyclic) bond motifs is 1. The van der Waals surface area contributed by atoms with Crippen LogP contribution in [0.2, 0.25) is 0 Å². The van der Waals surface area contributed by atoms with Gasteiger partial charge in [-0.15, -0.1) is 0 Å². The van der Waals surface area contributed by atoms with Crippen LogP contribution in [0.3, 0.4) is 0 Å². The van der Waals surface area contributed by atoms with E-state index in [9.17, 15) is 4.79 Å². The average Bonchev–Trinajstić information content (AvgIpc) is 2.54. The molecule has 2 aliphatic rings. The van der Waals surface area contributed by atoms with Gasteiger partial charge in [0.2, 0.25) is 5.91 Å². The van der Waals surface area contributed by atoms with E-state index in [4.69, 9.17) is 4.74 Å². The molecule has 22 heavy (non-hydrogen) atoms. The normalized spacial score (nSPS) is 31.4. The van der Waals surface area contributed by atoms with Crippen molar-refractivity contribution >= 4 is 5.91 Å². The summed E-state index contributed by atoms with van der Waals surface area (Å²) in [4.78, 5) is 11.6. The van der Waals surface area contributed by atoms with E-state index in [1.165, 1.54) is 30.4 Å². The summed E-state index contributed by atoms with van der Waals surface area (Å²) in [5, 5.41) is 3.18. The molecule has 1 aromatic rings. The molecule has 0 spiro atoms. The monoisotopic (exact) mass is 301 g/mol. The molecule has 1 N–H and O–H groups in total. The third-order valence-corrected chi connectivity index (χ3v) is 5.23. The molecule has 0 radical (unpaired) electrons. The fraction of sp³-hybridized carbons (Fsp3) is 0.632. The number of ether oxygens (including phenoxy) is 1. The first kappa shape index (κ1) is 15.5. The Morgan fingerprint density at radius 1 is 1.23 bits per heavy atom. The van der Waals surface area contributed by atoms with Gasteiger partial charge in [0.15, 0.2) is 0 Å². The molecule has 3 nitrogen and oxygen atoms in total. The SMILES string of the molecule is CCc1ccc([C@H]2C[C@@H](NC(C)=O)[C@@H]3CCCC[C@H]3O2)cc1. The summed E-state index contributed by atoms with van der Waals surface area (Å²) in [7, 11) is 0. The molecule has 120 valence electrons. The van der Waals surface area contributed by atoms with E-state index < -0.39 is 0 Å². The summed E-state index contributed by atoms with van der Waals surface area (Å²) in [6.45, 7) is 3.80. The van der Waals surface area contributed by atoms with E-state index in [1.54, 1.807) is 6.92 Å². The second-order valence-corrected chi connectivity index (χ2v) is 6.75. The van der Waals surface area contributed by atoms with Crippen molar-refractivity contribution in [3.63, 3.8) is 0 Å². The van der Waals surface area contributed by atoms with Crippen molar-refractivity contribution < 1.29 is 9.53 Å². The van der Waals surface area contributed by atoms with Crippen LogP contribution >= 0.6 is 0 Å². The van der Waals surface area contributed by atoms with E-state index in [0.29, 0.717) is 12.0 Å². The number of hydrogen-bond donors (Lipinski definition) is 1. The number of nitrogens with one attached hydrogen (secondary N) is 1. The molecule has 1 saturated carbocycles. The van der Waals surface area contributed by atoms with Gasteiger partial charge in [0, 0.05) is 18.9 Å². The average molecular weight is 301 g/mol. The summed E-state index contributed by atoms with van der Waals surface area (Å²) >= 11 is 0. The molecule has 1 aromatic carbocycles. The predicted molar refractivity (Wildman–Crippen MR) is 87.6 cm³/mol. The molecule has 4 atom stereocenters. The van der Waals surface area contributed by atoms with E-state index in [2.05, 4.69) is 36.5 Å². The summed E-state index contributed by atoms with van der Waals surface area (Å²) in [6, 6.07) is 9.03. The van der Waals surface area contributed by atoms with Crippen molar-refractivity contribution in [1.82, 2.24) is 5.32 Å². The lowest BCUT2D eigenvalue weighted by Crippen LogP contribution is -2.50. The number of hydrogen-bond acceptors (Lipinski definition) is 2. The second kappa shape index (κ2) is 6.82. The topological polar surface area (TPSA) is 38.3 Å². The molecule has 3 heteroatoms. The molecular formula is C19H27NO2. The molecule has 3 rings (SSSR count). The van der Waals surface area contributed by atoms with Crippen molar-refractivity contribution in [3.05, 3.63) is 35.4 Å². The fourth-order valence-electron chi connectivity index (χ4n) is 4.04. The minimum atomic E-state index is 0.0799.